The lowest BCUT2D eigenvalue weighted by molar-refractivity contribution is -0.125. The number of nitrogens with zero attached hydrogens (tertiary/aromatic N) is 2. The Morgan fingerprint density at radius 1 is 1.21 bits per heavy atom. The lowest BCUT2D eigenvalue weighted by Gasteiger charge is -2.32. The molecule has 2 amide bonds. The number of piperazine rings is 1. The normalized spacial score (nSPS) is 16.2. The van der Waals surface area contributed by atoms with Crippen LogP contribution in [-0.4, -0.2) is 61.5 Å². The van der Waals surface area contributed by atoms with Gasteiger partial charge in [-0.25, -0.2) is 5.01 Å². The van der Waals surface area contributed by atoms with E-state index >= 15 is 0 Å². The number of carbonyl (C=O) groups is 2. The number of nitrogens with one attached hydrogen (secondary N) is 2. The number of rotatable bonds is 4. The summed E-state index contributed by atoms with van der Waals surface area (Å²) in [6.07, 6.45) is 0. The molecule has 0 bridgehead atoms. The first-order valence-electron chi connectivity index (χ1n) is 7.73. The number of hydrogen-bond acceptors (Lipinski definition) is 5. The van der Waals surface area contributed by atoms with Gasteiger partial charge in [-0.15, -0.1) is 11.3 Å². The summed E-state index contributed by atoms with van der Waals surface area (Å²) >= 11 is 7.60. The molecule has 2 N–H and O–H groups in total. The van der Waals surface area contributed by atoms with E-state index in [1.165, 1.54) is 11.3 Å². The molecule has 1 fully saturated rings. The van der Waals surface area contributed by atoms with E-state index in [4.69, 9.17) is 11.6 Å². The highest BCUT2D eigenvalue weighted by atomic mass is 35.5. The monoisotopic (exact) mass is 366 g/mol. The van der Waals surface area contributed by atoms with Crippen LogP contribution in [0.25, 0.3) is 10.1 Å². The van der Waals surface area contributed by atoms with Crippen molar-refractivity contribution >= 4 is 44.8 Å². The fourth-order valence-corrected chi connectivity index (χ4v) is 3.97. The average Bonchev–Trinajstić information content (AvgIpc) is 2.92. The second kappa shape index (κ2) is 7.48. The van der Waals surface area contributed by atoms with Crippen LogP contribution in [0.3, 0.4) is 0 Å². The third-order valence-electron chi connectivity index (χ3n) is 3.94. The van der Waals surface area contributed by atoms with Gasteiger partial charge in [0.1, 0.15) is 4.88 Å². The number of hydrogen-bond donors (Lipinski definition) is 2. The molecule has 2 aromatic rings. The highest BCUT2D eigenvalue weighted by molar-refractivity contribution is 7.21. The number of carbonyl (C=O) groups excluding carboxylic acids is 2. The molecule has 128 valence electrons. The lowest BCUT2D eigenvalue weighted by Crippen LogP contribution is -2.54. The molecule has 0 unspecified atom stereocenters. The first-order valence-corrected chi connectivity index (χ1v) is 8.92. The molecule has 1 aromatic carbocycles. The number of thiophene rings is 1. The minimum absolute atomic E-state index is 0.0737. The second-order valence-electron chi connectivity index (χ2n) is 5.75. The van der Waals surface area contributed by atoms with Gasteiger partial charge >= 0.3 is 0 Å². The molecule has 1 saturated heterocycles. The maximum absolute atomic E-state index is 12.3. The maximum atomic E-state index is 12.3. The van der Waals surface area contributed by atoms with Gasteiger partial charge in [0.05, 0.1) is 11.6 Å². The largest absolute Gasteiger partial charge is 0.342 e. The molecule has 1 aliphatic rings. The number of fused-ring (bicyclic) bond motifs is 1. The van der Waals surface area contributed by atoms with Crippen LogP contribution in [0.15, 0.2) is 24.3 Å². The molecule has 24 heavy (non-hydrogen) atoms. The third kappa shape index (κ3) is 3.87. The van der Waals surface area contributed by atoms with Gasteiger partial charge in [-0.05, 0) is 13.1 Å². The van der Waals surface area contributed by atoms with E-state index in [0.717, 1.165) is 36.3 Å². The van der Waals surface area contributed by atoms with Crippen molar-refractivity contribution in [2.24, 2.45) is 0 Å². The summed E-state index contributed by atoms with van der Waals surface area (Å²) in [6.45, 7) is 3.29. The van der Waals surface area contributed by atoms with Crippen LogP contribution in [0.2, 0.25) is 5.02 Å². The number of benzene rings is 1. The zero-order chi connectivity index (χ0) is 17.1. The van der Waals surface area contributed by atoms with Crippen LogP contribution >= 0.6 is 22.9 Å². The van der Waals surface area contributed by atoms with Crippen LogP contribution in [0.4, 0.5) is 0 Å². The molecule has 1 aromatic heterocycles. The molecule has 0 radical (unpaired) electrons. The Balaban J connectivity index is 1.54. The Bertz CT molecular complexity index is 756. The fourth-order valence-electron chi connectivity index (χ4n) is 2.54. The third-order valence-corrected chi connectivity index (χ3v) is 5.61. The molecule has 0 saturated carbocycles. The van der Waals surface area contributed by atoms with Gasteiger partial charge in [-0.3, -0.25) is 15.0 Å². The first-order chi connectivity index (χ1) is 11.5. The highest BCUT2D eigenvalue weighted by Crippen LogP contribution is 2.34. The highest BCUT2D eigenvalue weighted by Gasteiger charge is 2.19. The van der Waals surface area contributed by atoms with Gasteiger partial charge in [0.2, 0.25) is 0 Å². The predicted octanol–water partition coefficient (Wildman–Crippen LogP) is 1.56. The van der Waals surface area contributed by atoms with Crippen molar-refractivity contribution < 1.29 is 9.59 Å². The molecule has 0 atom stereocenters. The molecule has 3 rings (SSSR count). The Morgan fingerprint density at radius 2 is 1.92 bits per heavy atom. The number of halogens is 1. The summed E-state index contributed by atoms with van der Waals surface area (Å²) in [5.74, 6) is -0.556. The molecular weight excluding hydrogens is 348 g/mol. The smallest absolute Gasteiger partial charge is 0.263 e. The Hall–Kier alpha value is -1.67. The quantitative estimate of drug-likeness (QED) is 0.862. The van der Waals surface area contributed by atoms with Crippen LogP contribution in [0, 0.1) is 0 Å². The lowest BCUT2D eigenvalue weighted by atomic mass is 10.2. The topological polar surface area (TPSA) is 64.7 Å². The van der Waals surface area contributed by atoms with Crippen molar-refractivity contribution in [3.63, 3.8) is 0 Å². The summed E-state index contributed by atoms with van der Waals surface area (Å²) in [5.41, 5.74) is 2.81. The predicted molar refractivity (Wildman–Crippen MR) is 96.4 cm³/mol. The molecule has 2 heterocycles. The zero-order valence-electron chi connectivity index (χ0n) is 13.3. The van der Waals surface area contributed by atoms with E-state index < -0.39 is 0 Å². The van der Waals surface area contributed by atoms with Crippen molar-refractivity contribution in [2.75, 3.05) is 39.8 Å². The molecule has 8 heteroatoms. The van der Waals surface area contributed by atoms with Crippen molar-refractivity contribution in [3.8, 4) is 0 Å². The van der Waals surface area contributed by atoms with E-state index in [1.54, 1.807) is 0 Å². The molecular formula is C16H19ClN4O2S. The van der Waals surface area contributed by atoms with Crippen LogP contribution < -0.4 is 10.7 Å². The first kappa shape index (κ1) is 17.2. The van der Waals surface area contributed by atoms with Gasteiger partial charge < -0.3 is 10.2 Å². The van der Waals surface area contributed by atoms with Gasteiger partial charge in [-0.1, -0.05) is 29.8 Å². The fraction of sp³-hybridized carbons (Fsp3) is 0.375. The van der Waals surface area contributed by atoms with Crippen molar-refractivity contribution in [1.82, 2.24) is 20.7 Å². The van der Waals surface area contributed by atoms with Crippen molar-refractivity contribution in [2.45, 2.75) is 0 Å². The second-order valence-corrected chi connectivity index (χ2v) is 7.18. The Morgan fingerprint density at radius 3 is 2.62 bits per heavy atom. The molecule has 0 spiro atoms. The van der Waals surface area contributed by atoms with Crippen LogP contribution in [0.1, 0.15) is 9.67 Å². The minimum atomic E-state index is -0.324. The summed E-state index contributed by atoms with van der Waals surface area (Å²) in [6, 6.07) is 7.58. The number of amides is 2. The van der Waals surface area contributed by atoms with E-state index in [9.17, 15) is 9.59 Å². The number of likely N-dealkylation sites (N-methyl/N-ethyl adjacent to an activating group) is 1. The summed E-state index contributed by atoms with van der Waals surface area (Å²) in [5, 5.41) is 5.81. The van der Waals surface area contributed by atoms with E-state index in [2.05, 4.69) is 15.6 Å². The molecule has 6 nitrogen and oxygen atoms in total. The SMILES string of the molecule is CN1CCN(NC(=O)CNC(=O)c2sc3ccccc3c2Cl)CC1. The molecule has 0 aliphatic carbocycles. The zero-order valence-corrected chi connectivity index (χ0v) is 14.9. The van der Waals surface area contributed by atoms with Crippen LogP contribution in [-0.2, 0) is 4.79 Å². The molecule has 1 aliphatic heterocycles. The van der Waals surface area contributed by atoms with E-state index in [-0.39, 0.29) is 18.4 Å². The minimum Gasteiger partial charge on any atom is -0.342 e. The standard InChI is InChI=1S/C16H19ClN4O2S/c1-20-6-8-21(9-7-20)19-13(22)10-18-16(23)15-14(17)11-4-2-3-5-12(11)24-15/h2-5H,6-10H2,1H3,(H,18,23)(H,19,22). The van der Waals surface area contributed by atoms with E-state index in [1.807, 2.05) is 36.3 Å². The Kier molecular flexibility index (Phi) is 5.35. The van der Waals surface area contributed by atoms with Gasteiger partial charge in [0.25, 0.3) is 11.8 Å². The Labute approximate surface area is 149 Å². The number of hydrazine groups is 1. The summed E-state index contributed by atoms with van der Waals surface area (Å²) < 4.78 is 0.953. The van der Waals surface area contributed by atoms with Gasteiger partial charge in [0, 0.05) is 36.3 Å². The van der Waals surface area contributed by atoms with Crippen LogP contribution in [0.5, 0.6) is 0 Å². The summed E-state index contributed by atoms with van der Waals surface area (Å²) in [4.78, 5) is 26.9. The van der Waals surface area contributed by atoms with E-state index in [0.29, 0.717) is 9.90 Å². The van der Waals surface area contributed by atoms with Gasteiger partial charge in [0.15, 0.2) is 0 Å². The van der Waals surface area contributed by atoms with Crippen molar-refractivity contribution in [1.29, 1.82) is 0 Å². The van der Waals surface area contributed by atoms with Gasteiger partial charge in [-0.2, -0.15) is 0 Å². The summed E-state index contributed by atoms with van der Waals surface area (Å²) in [7, 11) is 2.05. The van der Waals surface area contributed by atoms with Crippen molar-refractivity contribution in [3.05, 3.63) is 34.2 Å². The average molecular weight is 367 g/mol. The maximum Gasteiger partial charge on any atom is 0.263 e.